The van der Waals surface area contributed by atoms with Crippen LogP contribution >= 0.6 is 0 Å². The molecule has 3 N–H and O–H groups in total. The Kier molecular flexibility index (Phi) is 4.79. The molecule has 21 heavy (non-hydrogen) atoms. The number of hydrogen-bond acceptors (Lipinski definition) is 4. The molecule has 0 radical (unpaired) electrons. The Morgan fingerprint density at radius 3 is 2.86 bits per heavy atom. The molecule has 0 spiro atoms. The summed E-state index contributed by atoms with van der Waals surface area (Å²) in [5.74, 6) is 1.71. The predicted molar refractivity (Wildman–Crippen MR) is 83.9 cm³/mol. The van der Waals surface area contributed by atoms with Crippen molar-refractivity contribution in [2.45, 2.75) is 57.7 Å². The average molecular weight is 293 g/mol. The van der Waals surface area contributed by atoms with Crippen molar-refractivity contribution in [1.29, 1.82) is 0 Å². The minimum atomic E-state index is -0.763. The lowest BCUT2D eigenvalue weighted by Crippen LogP contribution is -2.33. The third-order valence-corrected chi connectivity index (χ3v) is 3.86. The van der Waals surface area contributed by atoms with Crippen LogP contribution in [0.15, 0.2) is 18.2 Å². The fraction of sp³-hybridized carbons (Fsp3) is 0.647. The van der Waals surface area contributed by atoms with Crippen LogP contribution < -0.4 is 15.2 Å². The highest BCUT2D eigenvalue weighted by Gasteiger charge is 2.32. The minimum Gasteiger partial charge on any atom is -0.490 e. The summed E-state index contributed by atoms with van der Waals surface area (Å²) in [6.45, 7) is 6.87. The van der Waals surface area contributed by atoms with E-state index in [9.17, 15) is 5.11 Å². The molecule has 1 aliphatic heterocycles. The Morgan fingerprint density at radius 1 is 1.38 bits per heavy atom. The first kappa shape index (κ1) is 16.1. The molecule has 0 amide bonds. The highest BCUT2D eigenvalue weighted by molar-refractivity contribution is 5.50. The summed E-state index contributed by atoms with van der Waals surface area (Å²) in [5, 5.41) is 9.84. The maximum atomic E-state index is 9.84. The molecule has 1 aromatic carbocycles. The van der Waals surface area contributed by atoms with Gasteiger partial charge >= 0.3 is 0 Å². The van der Waals surface area contributed by atoms with Crippen molar-refractivity contribution >= 4 is 0 Å². The lowest BCUT2D eigenvalue weighted by molar-refractivity contribution is 0.0560. The van der Waals surface area contributed by atoms with Crippen LogP contribution in [0.5, 0.6) is 11.5 Å². The number of aliphatic hydroxyl groups is 1. The first-order valence-corrected chi connectivity index (χ1v) is 7.69. The van der Waals surface area contributed by atoms with E-state index >= 15 is 0 Å². The third kappa shape index (κ3) is 4.35. The molecule has 0 saturated carbocycles. The third-order valence-electron chi connectivity index (χ3n) is 3.86. The molecule has 4 heteroatoms. The van der Waals surface area contributed by atoms with E-state index < -0.39 is 5.60 Å². The summed E-state index contributed by atoms with van der Waals surface area (Å²) in [6, 6.07) is 6.06. The number of rotatable bonds is 7. The highest BCUT2D eigenvalue weighted by Crippen LogP contribution is 2.41. The molecule has 0 aliphatic carbocycles. The van der Waals surface area contributed by atoms with Crippen molar-refractivity contribution in [3.8, 4) is 11.5 Å². The molecular formula is C17H27NO3. The van der Waals surface area contributed by atoms with Gasteiger partial charge in [-0.25, -0.2) is 0 Å². The SMILES string of the molecule is CC(O)(CN)CCCCOc1cccc2c1OC(C)(C)C2. The van der Waals surface area contributed by atoms with Gasteiger partial charge in [0.05, 0.1) is 12.2 Å². The Hall–Kier alpha value is -1.26. The van der Waals surface area contributed by atoms with Gasteiger partial charge in [-0.05, 0) is 46.1 Å². The van der Waals surface area contributed by atoms with E-state index in [2.05, 4.69) is 19.9 Å². The number of para-hydroxylation sites is 1. The van der Waals surface area contributed by atoms with Gasteiger partial charge in [0, 0.05) is 18.5 Å². The van der Waals surface area contributed by atoms with Crippen molar-refractivity contribution < 1.29 is 14.6 Å². The standard InChI is InChI=1S/C17H27NO3/c1-16(2)11-13-7-6-8-14(15(13)21-16)20-10-5-4-9-17(3,19)12-18/h6-8,19H,4-5,9-12,18H2,1-3H3. The van der Waals surface area contributed by atoms with Gasteiger partial charge in [0.2, 0.25) is 0 Å². The molecule has 1 atom stereocenters. The normalized spacial score (nSPS) is 18.7. The molecule has 1 unspecified atom stereocenters. The number of ether oxygens (including phenoxy) is 2. The first-order chi connectivity index (χ1) is 9.83. The zero-order valence-corrected chi connectivity index (χ0v) is 13.3. The zero-order chi connectivity index (χ0) is 15.5. The van der Waals surface area contributed by atoms with Crippen molar-refractivity contribution in [1.82, 2.24) is 0 Å². The molecule has 4 nitrogen and oxygen atoms in total. The smallest absolute Gasteiger partial charge is 0.165 e. The van der Waals surface area contributed by atoms with Crippen molar-refractivity contribution in [3.63, 3.8) is 0 Å². The summed E-state index contributed by atoms with van der Waals surface area (Å²) < 4.78 is 11.8. The van der Waals surface area contributed by atoms with Crippen LogP contribution in [0.2, 0.25) is 0 Å². The molecule has 1 aromatic rings. The average Bonchev–Trinajstić information content (AvgIpc) is 2.73. The zero-order valence-electron chi connectivity index (χ0n) is 13.3. The Bertz CT molecular complexity index is 483. The maximum Gasteiger partial charge on any atom is 0.165 e. The number of hydrogen-bond donors (Lipinski definition) is 2. The van der Waals surface area contributed by atoms with Crippen LogP contribution in [0, 0.1) is 0 Å². The number of unbranched alkanes of at least 4 members (excludes halogenated alkanes) is 1. The van der Waals surface area contributed by atoms with E-state index in [1.165, 1.54) is 5.56 Å². The van der Waals surface area contributed by atoms with Crippen LogP contribution in [-0.4, -0.2) is 29.5 Å². The van der Waals surface area contributed by atoms with E-state index in [1.54, 1.807) is 6.92 Å². The van der Waals surface area contributed by atoms with Gasteiger partial charge in [0.25, 0.3) is 0 Å². The highest BCUT2D eigenvalue weighted by atomic mass is 16.5. The molecule has 118 valence electrons. The maximum absolute atomic E-state index is 9.84. The summed E-state index contributed by atoms with van der Waals surface area (Å²) in [6.07, 6.45) is 3.40. The van der Waals surface area contributed by atoms with Gasteiger partial charge in [0.15, 0.2) is 11.5 Å². The molecule has 1 heterocycles. The van der Waals surface area contributed by atoms with Crippen molar-refractivity contribution in [2.24, 2.45) is 5.73 Å². The summed E-state index contributed by atoms with van der Waals surface area (Å²) in [7, 11) is 0. The van der Waals surface area contributed by atoms with Crippen LogP contribution in [0.1, 0.15) is 45.6 Å². The van der Waals surface area contributed by atoms with E-state index in [0.717, 1.165) is 30.8 Å². The van der Waals surface area contributed by atoms with Crippen LogP contribution in [0.4, 0.5) is 0 Å². The second kappa shape index (κ2) is 6.24. The van der Waals surface area contributed by atoms with E-state index in [0.29, 0.717) is 19.6 Å². The molecule has 0 bridgehead atoms. The van der Waals surface area contributed by atoms with Crippen LogP contribution in [0.3, 0.4) is 0 Å². The largest absolute Gasteiger partial charge is 0.490 e. The van der Waals surface area contributed by atoms with E-state index in [4.69, 9.17) is 15.2 Å². The van der Waals surface area contributed by atoms with Gasteiger partial charge < -0.3 is 20.3 Å². The molecule has 0 fully saturated rings. The second-order valence-corrected chi connectivity index (χ2v) is 6.79. The second-order valence-electron chi connectivity index (χ2n) is 6.79. The Morgan fingerprint density at radius 2 is 2.14 bits per heavy atom. The van der Waals surface area contributed by atoms with Gasteiger partial charge in [-0.2, -0.15) is 0 Å². The van der Waals surface area contributed by atoms with Crippen molar-refractivity contribution in [2.75, 3.05) is 13.2 Å². The number of fused-ring (bicyclic) bond motifs is 1. The molecular weight excluding hydrogens is 266 g/mol. The number of nitrogens with two attached hydrogens (primary N) is 1. The fourth-order valence-corrected chi connectivity index (χ4v) is 2.59. The van der Waals surface area contributed by atoms with Gasteiger partial charge in [-0.15, -0.1) is 0 Å². The minimum absolute atomic E-state index is 0.151. The van der Waals surface area contributed by atoms with E-state index in [-0.39, 0.29) is 5.60 Å². The predicted octanol–water partition coefficient (Wildman–Crippen LogP) is 2.66. The van der Waals surface area contributed by atoms with Gasteiger partial charge in [0.1, 0.15) is 5.60 Å². The molecule has 2 rings (SSSR count). The van der Waals surface area contributed by atoms with Crippen molar-refractivity contribution in [3.05, 3.63) is 23.8 Å². The monoisotopic (exact) mass is 293 g/mol. The molecule has 1 aliphatic rings. The summed E-state index contributed by atoms with van der Waals surface area (Å²) in [5.41, 5.74) is 5.80. The molecule has 0 aromatic heterocycles. The topological polar surface area (TPSA) is 64.7 Å². The van der Waals surface area contributed by atoms with Crippen LogP contribution in [0.25, 0.3) is 0 Å². The fourth-order valence-electron chi connectivity index (χ4n) is 2.59. The quantitative estimate of drug-likeness (QED) is 0.759. The van der Waals surface area contributed by atoms with Crippen LogP contribution in [-0.2, 0) is 6.42 Å². The first-order valence-electron chi connectivity index (χ1n) is 7.69. The van der Waals surface area contributed by atoms with Gasteiger partial charge in [-0.1, -0.05) is 12.1 Å². The number of benzene rings is 1. The summed E-state index contributed by atoms with van der Waals surface area (Å²) in [4.78, 5) is 0. The summed E-state index contributed by atoms with van der Waals surface area (Å²) >= 11 is 0. The van der Waals surface area contributed by atoms with E-state index in [1.807, 2.05) is 12.1 Å². The Balaban J connectivity index is 1.82. The van der Waals surface area contributed by atoms with Gasteiger partial charge in [-0.3, -0.25) is 0 Å². The lowest BCUT2D eigenvalue weighted by atomic mass is 10.00. The molecule has 0 saturated heterocycles. The lowest BCUT2D eigenvalue weighted by Gasteiger charge is -2.20. The Labute approximate surface area is 127 Å².